The summed E-state index contributed by atoms with van der Waals surface area (Å²) in [5.74, 6) is 0.806. The molecule has 4 heterocycles. The number of halogens is 1. The maximum absolute atomic E-state index is 14.9. The molecule has 37 heavy (non-hydrogen) atoms. The van der Waals surface area contributed by atoms with Crippen LogP contribution >= 0.6 is 0 Å². The predicted octanol–water partition coefficient (Wildman–Crippen LogP) is 3.58. The molecule has 11 heteroatoms. The van der Waals surface area contributed by atoms with Gasteiger partial charge >= 0.3 is 5.69 Å². The number of hydrogen-bond donors (Lipinski definition) is 2. The first-order valence-electron chi connectivity index (χ1n) is 13.2. The summed E-state index contributed by atoms with van der Waals surface area (Å²) in [5.41, 5.74) is 2.17. The van der Waals surface area contributed by atoms with Gasteiger partial charge in [-0.3, -0.25) is 4.90 Å². The fourth-order valence-electron chi connectivity index (χ4n) is 6.23. The molecule has 2 aromatic heterocycles. The van der Waals surface area contributed by atoms with Crippen LogP contribution in [0.4, 0.5) is 21.8 Å². The number of tetrazole rings is 1. The SMILES string of the molecule is CC1C(Nc2nc(Nc3ccc(C4CC4)c(-n4nnn(C)c4=O)c3)ncc2F)CC(C)(C)N2CCCC12. The molecule has 3 aliphatic rings. The molecule has 0 amide bonds. The molecule has 0 spiro atoms. The van der Waals surface area contributed by atoms with Crippen molar-refractivity contribution >= 4 is 17.5 Å². The Morgan fingerprint density at radius 1 is 1.16 bits per heavy atom. The van der Waals surface area contributed by atoms with Crippen molar-refractivity contribution in [1.29, 1.82) is 0 Å². The first kappa shape index (κ1) is 24.0. The van der Waals surface area contributed by atoms with E-state index in [-0.39, 0.29) is 29.0 Å². The van der Waals surface area contributed by atoms with E-state index in [2.05, 4.69) is 56.7 Å². The van der Waals surface area contributed by atoms with Gasteiger partial charge in [0.2, 0.25) is 5.95 Å². The van der Waals surface area contributed by atoms with Crippen molar-refractivity contribution in [3.05, 3.63) is 46.3 Å². The van der Waals surface area contributed by atoms with E-state index < -0.39 is 5.82 Å². The van der Waals surface area contributed by atoms with E-state index in [1.807, 2.05) is 18.2 Å². The van der Waals surface area contributed by atoms with Crippen LogP contribution in [-0.4, -0.2) is 58.8 Å². The maximum Gasteiger partial charge on any atom is 0.368 e. The van der Waals surface area contributed by atoms with Crippen LogP contribution < -0.4 is 16.3 Å². The lowest BCUT2D eigenvalue weighted by atomic mass is 9.77. The lowest BCUT2D eigenvalue weighted by Gasteiger charge is -2.51. The van der Waals surface area contributed by atoms with Crippen LogP contribution in [0.3, 0.4) is 0 Å². The van der Waals surface area contributed by atoms with Crippen molar-refractivity contribution in [3.8, 4) is 5.69 Å². The first-order chi connectivity index (χ1) is 17.7. The van der Waals surface area contributed by atoms with Gasteiger partial charge in [0, 0.05) is 30.4 Å². The first-order valence-corrected chi connectivity index (χ1v) is 13.2. The van der Waals surface area contributed by atoms with Gasteiger partial charge in [0.25, 0.3) is 0 Å². The van der Waals surface area contributed by atoms with Gasteiger partial charge in [-0.1, -0.05) is 13.0 Å². The van der Waals surface area contributed by atoms with Gasteiger partial charge in [-0.2, -0.15) is 14.3 Å². The number of aryl methyl sites for hydroxylation is 1. The summed E-state index contributed by atoms with van der Waals surface area (Å²) in [6, 6.07) is 6.39. The molecular weight excluding hydrogens is 473 g/mol. The fraction of sp³-hybridized carbons (Fsp3) is 0.577. The van der Waals surface area contributed by atoms with Crippen molar-refractivity contribution in [3.63, 3.8) is 0 Å². The zero-order valence-corrected chi connectivity index (χ0v) is 21.8. The Morgan fingerprint density at radius 3 is 2.70 bits per heavy atom. The number of piperidine rings is 1. The topological polar surface area (TPSA) is 106 Å². The van der Waals surface area contributed by atoms with E-state index in [0.29, 0.717) is 29.3 Å². The van der Waals surface area contributed by atoms with E-state index >= 15 is 0 Å². The molecule has 3 aromatic rings. The van der Waals surface area contributed by atoms with E-state index in [9.17, 15) is 9.18 Å². The monoisotopic (exact) mass is 507 g/mol. The quantitative estimate of drug-likeness (QED) is 0.522. The zero-order valence-electron chi connectivity index (χ0n) is 21.8. The summed E-state index contributed by atoms with van der Waals surface area (Å²) < 4.78 is 17.4. The Morgan fingerprint density at radius 2 is 1.97 bits per heavy atom. The van der Waals surface area contributed by atoms with Crippen molar-refractivity contribution in [2.24, 2.45) is 13.0 Å². The average molecular weight is 508 g/mol. The van der Waals surface area contributed by atoms with Crippen molar-refractivity contribution in [2.45, 2.75) is 76.4 Å². The van der Waals surface area contributed by atoms with Crippen LogP contribution in [0.2, 0.25) is 0 Å². The molecule has 3 fully saturated rings. The van der Waals surface area contributed by atoms with Crippen LogP contribution in [0.15, 0.2) is 29.2 Å². The molecule has 0 bridgehead atoms. The van der Waals surface area contributed by atoms with Crippen LogP contribution in [0, 0.1) is 11.7 Å². The molecule has 3 atom stereocenters. The Balaban J connectivity index is 1.26. The summed E-state index contributed by atoms with van der Waals surface area (Å²) >= 11 is 0. The molecular formula is C26H34FN9O. The lowest BCUT2D eigenvalue weighted by molar-refractivity contribution is 0.0164. The average Bonchev–Trinajstić information content (AvgIpc) is 3.47. The number of nitrogens with zero attached hydrogens (tertiary/aromatic N) is 7. The highest BCUT2D eigenvalue weighted by molar-refractivity contribution is 5.61. The molecule has 3 unspecified atom stereocenters. The molecule has 196 valence electrons. The fourth-order valence-corrected chi connectivity index (χ4v) is 6.23. The number of aromatic nitrogens is 6. The minimum absolute atomic E-state index is 0.0497. The van der Waals surface area contributed by atoms with E-state index in [1.54, 1.807) is 7.05 Å². The third-order valence-corrected chi connectivity index (χ3v) is 8.36. The molecule has 6 rings (SSSR count). The van der Waals surface area contributed by atoms with E-state index in [1.165, 1.54) is 28.4 Å². The van der Waals surface area contributed by atoms with Crippen LogP contribution in [-0.2, 0) is 7.05 Å². The summed E-state index contributed by atoms with van der Waals surface area (Å²) in [7, 11) is 1.57. The number of benzene rings is 1. The number of hydrogen-bond acceptors (Lipinski definition) is 8. The highest BCUT2D eigenvalue weighted by Gasteiger charge is 2.47. The van der Waals surface area contributed by atoms with Crippen molar-refractivity contribution in [2.75, 3.05) is 17.2 Å². The van der Waals surface area contributed by atoms with Crippen molar-refractivity contribution < 1.29 is 4.39 Å². The van der Waals surface area contributed by atoms with Gasteiger partial charge in [-0.25, -0.2) is 14.2 Å². The maximum atomic E-state index is 14.9. The standard InChI is InChI=1S/C26H34FN9O/c1-15-20(13-26(2,3)35-11-5-6-21(15)35)30-23-19(27)14-28-24(31-23)29-17-9-10-18(16-7-8-16)22(12-17)36-25(37)34(4)32-33-36/h9-10,12,14-16,20-21H,5-8,11,13H2,1-4H3,(H2,28,29,30,31). The predicted molar refractivity (Wildman–Crippen MR) is 139 cm³/mol. The molecule has 2 saturated heterocycles. The highest BCUT2D eigenvalue weighted by atomic mass is 19.1. The largest absolute Gasteiger partial charge is 0.368 e. The molecule has 1 aliphatic carbocycles. The molecule has 1 saturated carbocycles. The Bertz CT molecular complexity index is 1380. The zero-order chi connectivity index (χ0) is 25.9. The van der Waals surface area contributed by atoms with Gasteiger partial charge in [0.15, 0.2) is 11.6 Å². The lowest BCUT2D eigenvalue weighted by Crippen LogP contribution is -2.59. The number of fused-ring (bicyclic) bond motifs is 1. The van der Waals surface area contributed by atoms with Crippen LogP contribution in [0.25, 0.3) is 5.69 Å². The van der Waals surface area contributed by atoms with E-state index in [0.717, 1.165) is 31.4 Å². The smallest absolute Gasteiger partial charge is 0.364 e. The Kier molecular flexibility index (Phi) is 5.78. The van der Waals surface area contributed by atoms with Gasteiger partial charge in [0.05, 0.1) is 11.9 Å². The van der Waals surface area contributed by atoms with Gasteiger partial charge in [-0.15, -0.1) is 0 Å². The normalized spacial score (nSPS) is 25.2. The summed E-state index contributed by atoms with van der Waals surface area (Å²) in [6.45, 7) is 7.94. The number of anilines is 3. The van der Waals surface area contributed by atoms with Crippen LogP contribution in [0.5, 0.6) is 0 Å². The van der Waals surface area contributed by atoms with Crippen molar-refractivity contribution in [1.82, 2.24) is 34.7 Å². The third-order valence-electron chi connectivity index (χ3n) is 8.36. The van der Waals surface area contributed by atoms with Gasteiger partial charge in [0.1, 0.15) is 0 Å². The molecule has 10 nitrogen and oxygen atoms in total. The second-order valence-electron chi connectivity index (χ2n) is 11.4. The van der Waals surface area contributed by atoms with E-state index in [4.69, 9.17) is 0 Å². The third kappa shape index (κ3) is 4.39. The number of rotatable bonds is 6. The minimum atomic E-state index is -0.472. The van der Waals surface area contributed by atoms with Crippen LogP contribution in [0.1, 0.15) is 64.4 Å². The van der Waals surface area contributed by atoms with Gasteiger partial charge in [-0.05, 0) is 92.5 Å². The minimum Gasteiger partial charge on any atom is -0.364 e. The van der Waals surface area contributed by atoms with Gasteiger partial charge < -0.3 is 10.6 Å². The Hall–Kier alpha value is -3.34. The Labute approximate surface area is 215 Å². The second-order valence-corrected chi connectivity index (χ2v) is 11.4. The molecule has 2 N–H and O–H groups in total. The number of nitrogens with one attached hydrogen (secondary N) is 2. The molecule has 2 aliphatic heterocycles. The summed E-state index contributed by atoms with van der Waals surface area (Å²) in [6.07, 6.45) is 6.67. The molecule has 1 aromatic carbocycles. The summed E-state index contributed by atoms with van der Waals surface area (Å²) in [4.78, 5) is 23.8. The second kappa shape index (κ2) is 8.90. The molecule has 0 radical (unpaired) electrons. The highest BCUT2D eigenvalue weighted by Crippen LogP contribution is 2.43. The summed E-state index contributed by atoms with van der Waals surface area (Å²) in [5, 5.41) is 14.5.